The molecule has 0 aromatic heterocycles. The number of hydrogen-bond donors (Lipinski definition) is 0. The number of carbonyl (C=O) groups excluding carboxylic acids is 3. The fourth-order valence-electron chi connectivity index (χ4n) is 5.25. The number of piperidine rings is 2. The summed E-state index contributed by atoms with van der Waals surface area (Å²) in [6.07, 6.45) is 6.26. The molecule has 0 spiro atoms. The second-order valence-electron chi connectivity index (χ2n) is 9.68. The molecule has 7 heteroatoms. The van der Waals surface area contributed by atoms with Crippen LogP contribution in [0.3, 0.4) is 0 Å². The Morgan fingerprint density at radius 2 is 1.33 bits per heavy atom. The summed E-state index contributed by atoms with van der Waals surface area (Å²) < 4.78 is 0. The van der Waals surface area contributed by atoms with Gasteiger partial charge in [-0.3, -0.25) is 19.3 Å². The van der Waals surface area contributed by atoms with E-state index in [0.29, 0.717) is 39.1 Å². The number of amides is 3. The van der Waals surface area contributed by atoms with Crippen LogP contribution in [0.5, 0.6) is 0 Å². The molecule has 33 heavy (non-hydrogen) atoms. The lowest BCUT2D eigenvalue weighted by atomic mass is 9.94. The highest BCUT2D eigenvalue weighted by molar-refractivity contribution is 5.81. The largest absolute Gasteiger partial charge is 0.343 e. The molecule has 0 atom stereocenters. The van der Waals surface area contributed by atoms with Gasteiger partial charge in [0.2, 0.25) is 17.7 Å². The number of piperazine rings is 1. The number of likely N-dealkylation sites (tertiary alicyclic amines) is 2. The third-order valence-corrected chi connectivity index (χ3v) is 7.42. The van der Waals surface area contributed by atoms with Crippen LogP contribution in [0, 0.1) is 5.92 Å². The van der Waals surface area contributed by atoms with Gasteiger partial charge in [0.05, 0.1) is 6.54 Å². The molecule has 0 radical (unpaired) electrons. The van der Waals surface area contributed by atoms with Crippen LogP contribution in [-0.4, -0.2) is 96.2 Å². The summed E-state index contributed by atoms with van der Waals surface area (Å²) in [7, 11) is 0. The maximum absolute atomic E-state index is 13.0. The van der Waals surface area contributed by atoms with Crippen LogP contribution in [0.15, 0.2) is 30.3 Å². The van der Waals surface area contributed by atoms with E-state index in [1.54, 1.807) is 0 Å². The molecule has 3 saturated heterocycles. The molecule has 0 N–H and O–H groups in total. The summed E-state index contributed by atoms with van der Waals surface area (Å²) in [4.78, 5) is 46.2. The molecule has 1 aromatic rings. The fourth-order valence-corrected chi connectivity index (χ4v) is 5.25. The van der Waals surface area contributed by atoms with Crippen molar-refractivity contribution in [2.24, 2.45) is 5.92 Å². The van der Waals surface area contributed by atoms with Gasteiger partial charge in [-0.2, -0.15) is 0 Å². The van der Waals surface area contributed by atoms with Crippen molar-refractivity contribution in [3.8, 4) is 0 Å². The second-order valence-corrected chi connectivity index (χ2v) is 9.68. The Bertz CT molecular complexity index is 793. The van der Waals surface area contributed by atoms with Gasteiger partial charge in [0, 0.05) is 64.7 Å². The van der Waals surface area contributed by atoms with Gasteiger partial charge in [-0.15, -0.1) is 0 Å². The molecule has 0 bridgehead atoms. The Kier molecular flexibility index (Phi) is 8.37. The minimum absolute atomic E-state index is 0.0182. The minimum atomic E-state index is 0.0182. The maximum atomic E-state index is 13.0. The lowest BCUT2D eigenvalue weighted by Crippen LogP contribution is -2.54. The molecule has 0 unspecified atom stereocenters. The molecule has 180 valence electrons. The smallest absolute Gasteiger partial charge is 0.236 e. The monoisotopic (exact) mass is 454 g/mol. The average Bonchev–Trinajstić information content (AvgIpc) is 2.88. The molecule has 7 nitrogen and oxygen atoms in total. The third kappa shape index (κ3) is 6.56. The van der Waals surface area contributed by atoms with Crippen molar-refractivity contribution in [3.63, 3.8) is 0 Å². The van der Waals surface area contributed by atoms with Crippen LogP contribution in [0.4, 0.5) is 0 Å². The summed E-state index contributed by atoms with van der Waals surface area (Å²) in [5, 5.41) is 0. The molecular formula is C26H38N4O3. The quantitative estimate of drug-likeness (QED) is 0.660. The zero-order chi connectivity index (χ0) is 23.0. The van der Waals surface area contributed by atoms with Crippen LogP contribution in [-0.2, 0) is 20.8 Å². The Morgan fingerprint density at radius 1 is 0.697 bits per heavy atom. The predicted molar refractivity (Wildman–Crippen MR) is 128 cm³/mol. The zero-order valence-corrected chi connectivity index (χ0v) is 19.8. The molecule has 3 amide bonds. The standard InChI is InChI=1S/C26H38N4O3/c31-24(10-9-22-7-3-1-4-8-22)29-15-11-23(12-16-29)26(33)30-19-17-27(18-20-30)21-25(32)28-13-5-2-6-14-28/h1,3-4,7-8,23H,2,5-6,9-21H2. The van der Waals surface area contributed by atoms with Gasteiger partial charge in [0.25, 0.3) is 0 Å². The van der Waals surface area contributed by atoms with E-state index in [0.717, 1.165) is 58.3 Å². The first-order chi connectivity index (χ1) is 16.1. The van der Waals surface area contributed by atoms with E-state index in [1.165, 1.54) is 12.0 Å². The van der Waals surface area contributed by atoms with Crippen molar-refractivity contribution in [2.45, 2.75) is 44.9 Å². The van der Waals surface area contributed by atoms with Crippen LogP contribution in [0.1, 0.15) is 44.1 Å². The Labute approximate surface area is 197 Å². The first-order valence-corrected chi connectivity index (χ1v) is 12.7. The van der Waals surface area contributed by atoms with Gasteiger partial charge in [0.15, 0.2) is 0 Å². The van der Waals surface area contributed by atoms with Gasteiger partial charge < -0.3 is 14.7 Å². The number of carbonyl (C=O) groups is 3. The van der Waals surface area contributed by atoms with Crippen molar-refractivity contribution in [1.82, 2.24) is 19.6 Å². The third-order valence-electron chi connectivity index (χ3n) is 7.42. The molecule has 0 saturated carbocycles. The van der Waals surface area contributed by atoms with E-state index in [2.05, 4.69) is 17.0 Å². The Hall–Kier alpha value is -2.41. The molecular weight excluding hydrogens is 416 g/mol. The van der Waals surface area contributed by atoms with Crippen molar-refractivity contribution in [1.29, 1.82) is 0 Å². The summed E-state index contributed by atoms with van der Waals surface area (Å²) in [5.41, 5.74) is 1.19. The van der Waals surface area contributed by atoms with Crippen LogP contribution < -0.4 is 0 Å². The predicted octanol–water partition coefficient (Wildman–Crippen LogP) is 2.01. The van der Waals surface area contributed by atoms with E-state index in [9.17, 15) is 14.4 Å². The molecule has 3 aliphatic heterocycles. The van der Waals surface area contributed by atoms with Crippen molar-refractivity contribution >= 4 is 17.7 Å². The van der Waals surface area contributed by atoms with Crippen LogP contribution >= 0.6 is 0 Å². The molecule has 3 aliphatic rings. The topological polar surface area (TPSA) is 64.2 Å². The van der Waals surface area contributed by atoms with Crippen molar-refractivity contribution < 1.29 is 14.4 Å². The average molecular weight is 455 g/mol. The van der Waals surface area contributed by atoms with E-state index < -0.39 is 0 Å². The second kappa shape index (κ2) is 11.6. The molecule has 1 aromatic carbocycles. The molecule has 4 rings (SSSR count). The minimum Gasteiger partial charge on any atom is -0.343 e. The van der Waals surface area contributed by atoms with Gasteiger partial charge in [-0.05, 0) is 44.1 Å². The maximum Gasteiger partial charge on any atom is 0.236 e. The summed E-state index contributed by atoms with van der Waals surface area (Å²) in [5.74, 6) is 0.675. The van der Waals surface area contributed by atoms with Gasteiger partial charge >= 0.3 is 0 Å². The molecule has 3 fully saturated rings. The number of benzene rings is 1. The lowest BCUT2D eigenvalue weighted by Gasteiger charge is -2.39. The first kappa shape index (κ1) is 23.7. The Balaban J connectivity index is 1.15. The molecule has 3 heterocycles. The van der Waals surface area contributed by atoms with E-state index in [1.807, 2.05) is 32.9 Å². The van der Waals surface area contributed by atoms with Crippen LogP contribution in [0.25, 0.3) is 0 Å². The summed E-state index contributed by atoms with van der Waals surface area (Å²) >= 11 is 0. The number of hydrogen-bond acceptors (Lipinski definition) is 4. The van der Waals surface area contributed by atoms with E-state index >= 15 is 0 Å². The highest BCUT2D eigenvalue weighted by Gasteiger charge is 2.32. The van der Waals surface area contributed by atoms with Gasteiger partial charge in [-0.1, -0.05) is 30.3 Å². The summed E-state index contributed by atoms with van der Waals surface area (Å²) in [6, 6.07) is 10.1. The molecule has 0 aliphatic carbocycles. The fraction of sp³-hybridized carbons (Fsp3) is 0.654. The number of aryl methyl sites for hydroxylation is 1. The number of rotatable bonds is 6. The Morgan fingerprint density at radius 3 is 2.00 bits per heavy atom. The highest BCUT2D eigenvalue weighted by atomic mass is 16.2. The SMILES string of the molecule is O=C(CCc1ccccc1)N1CCC(C(=O)N2CCN(CC(=O)N3CCCCC3)CC2)CC1. The van der Waals surface area contributed by atoms with E-state index in [4.69, 9.17) is 0 Å². The van der Waals surface area contributed by atoms with Crippen molar-refractivity contribution in [2.75, 3.05) is 58.9 Å². The summed E-state index contributed by atoms with van der Waals surface area (Å²) in [6.45, 7) is 6.54. The van der Waals surface area contributed by atoms with Crippen molar-refractivity contribution in [3.05, 3.63) is 35.9 Å². The normalized spacial score (nSPS) is 20.7. The van der Waals surface area contributed by atoms with Gasteiger partial charge in [0.1, 0.15) is 0 Å². The van der Waals surface area contributed by atoms with E-state index in [-0.39, 0.29) is 23.6 Å². The first-order valence-electron chi connectivity index (χ1n) is 12.7. The van der Waals surface area contributed by atoms with Crippen LogP contribution in [0.2, 0.25) is 0 Å². The zero-order valence-electron chi connectivity index (χ0n) is 19.8. The highest BCUT2D eigenvalue weighted by Crippen LogP contribution is 2.21. The number of nitrogens with zero attached hydrogens (tertiary/aromatic N) is 4. The van der Waals surface area contributed by atoms with Gasteiger partial charge in [-0.25, -0.2) is 0 Å². The lowest BCUT2D eigenvalue weighted by molar-refractivity contribution is -0.142.